The van der Waals surface area contributed by atoms with E-state index < -0.39 is 23.9 Å². The van der Waals surface area contributed by atoms with Gasteiger partial charge in [-0.3, -0.25) is 9.59 Å². The summed E-state index contributed by atoms with van der Waals surface area (Å²) in [5, 5.41) is 1.64. The van der Waals surface area contributed by atoms with Gasteiger partial charge in [-0.25, -0.2) is 0 Å². The lowest BCUT2D eigenvalue weighted by Gasteiger charge is -2.19. The molecular weight excluding hydrogens is 199 g/mol. The number of rotatable bonds is 3. The molecule has 0 aromatic rings. The summed E-state index contributed by atoms with van der Waals surface area (Å²) in [6.45, 7) is 4.26. The van der Waals surface area contributed by atoms with E-state index in [0.717, 1.165) is 6.92 Å². The zero-order valence-corrected chi connectivity index (χ0v) is 8.11. The number of alkyl halides is 3. The number of carbonyl (C=O) groups is 2. The van der Waals surface area contributed by atoms with E-state index in [0.29, 0.717) is 0 Å². The highest BCUT2D eigenvalue weighted by atomic mass is 19.4. The van der Waals surface area contributed by atoms with Crippen LogP contribution in [0.15, 0.2) is 0 Å². The van der Waals surface area contributed by atoms with Gasteiger partial charge in [0.05, 0.1) is 6.04 Å². The van der Waals surface area contributed by atoms with Crippen molar-refractivity contribution < 1.29 is 22.8 Å². The fourth-order valence-corrected chi connectivity index (χ4v) is 0.961. The van der Waals surface area contributed by atoms with Gasteiger partial charge in [0.25, 0.3) is 0 Å². The highest BCUT2D eigenvalue weighted by Crippen LogP contribution is 2.15. The standard InChI is InChI=1S/C8H12F3NO2/c1-4(2)6(5(3)13)12-7(14)8(9,10)11/h4,6H,1-3H3,(H,12,14). The molecule has 3 nitrogen and oxygen atoms in total. The van der Waals surface area contributed by atoms with Crippen molar-refractivity contribution >= 4 is 11.7 Å². The van der Waals surface area contributed by atoms with Crippen molar-refractivity contribution in [2.45, 2.75) is 33.0 Å². The maximum Gasteiger partial charge on any atom is 0.471 e. The van der Waals surface area contributed by atoms with Gasteiger partial charge in [-0.2, -0.15) is 13.2 Å². The summed E-state index contributed by atoms with van der Waals surface area (Å²) in [6.07, 6.45) is -4.94. The molecule has 0 rings (SSSR count). The van der Waals surface area contributed by atoms with E-state index in [1.165, 1.54) is 0 Å². The molecule has 0 radical (unpaired) electrons. The number of carbonyl (C=O) groups excluding carboxylic acids is 2. The van der Waals surface area contributed by atoms with E-state index in [1.807, 2.05) is 0 Å². The van der Waals surface area contributed by atoms with Crippen molar-refractivity contribution in [1.29, 1.82) is 0 Å². The third kappa shape index (κ3) is 3.76. The molecule has 0 fully saturated rings. The SMILES string of the molecule is CC(=O)C(NC(=O)C(F)(F)F)C(C)C. The summed E-state index contributed by atoms with van der Waals surface area (Å²) in [4.78, 5) is 21.4. The van der Waals surface area contributed by atoms with Crippen LogP contribution in [-0.4, -0.2) is 23.9 Å². The molecule has 0 aliphatic rings. The highest BCUT2D eigenvalue weighted by Gasteiger charge is 2.40. The average molecular weight is 211 g/mol. The van der Waals surface area contributed by atoms with Crippen molar-refractivity contribution in [3.63, 3.8) is 0 Å². The van der Waals surface area contributed by atoms with Gasteiger partial charge >= 0.3 is 12.1 Å². The molecule has 0 aliphatic carbocycles. The second kappa shape index (κ2) is 4.43. The largest absolute Gasteiger partial charge is 0.471 e. The minimum atomic E-state index is -4.94. The molecule has 14 heavy (non-hydrogen) atoms. The van der Waals surface area contributed by atoms with Crippen molar-refractivity contribution in [3.05, 3.63) is 0 Å². The molecule has 0 aromatic heterocycles. The summed E-state index contributed by atoms with van der Waals surface area (Å²) in [7, 11) is 0. The Morgan fingerprint density at radius 2 is 1.64 bits per heavy atom. The Hall–Kier alpha value is -1.07. The summed E-state index contributed by atoms with van der Waals surface area (Å²) >= 11 is 0. The maximum absolute atomic E-state index is 11.8. The molecule has 1 atom stereocenters. The Kier molecular flexibility index (Phi) is 4.09. The zero-order valence-electron chi connectivity index (χ0n) is 8.11. The second-order valence-corrected chi connectivity index (χ2v) is 3.30. The normalized spacial score (nSPS) is 13.9. The lowest BCUT2D eigenvalue weighted by Crippen LogP contribution is -2.48. The van der Waals surface area contributed by atoms with E-state index in [2.05, 4.69) is 0 Å². The number of hydrogen-bond acceptors (Lipinski definition) is 2. The molecule has 1 N–H and O–H groups in total. The van der Waals surface area contributed by atoms with Crippen molar-refractivity contribution in [3.8, 4) is 0 Å². The fraction of sp³-hybridized carbons (Fsp3) is 0.750. The van der Waals surface area contributed by atoms with Crippen LogP contribution in [0.2, 0.25) is 0 Å². The van der Waals surface area contributed by atoms with Crippen LogP contribution in [0.1, 0.15) is 20.8 Å². The van der Waals surface area contributed by atoms with Crippen LogP contribution in [0.3, 0.4) is 0 Å². The lowest BCUT2D eigenvalue weighted by atomic mass is 10.0. The number of nitrogens with one attached hydrogen (secondary N) is 1. The monoisotopic (exact) mass is 211 g/mol. The Bertz CT molecular complexity index is 235. The van der Waals surface area contributed by atoms with Crippen LogP contribution >= 0.6 is 0 Å². The minimum Gasteiger partial charge on any atom is -0.338 e. The summed E-state index contributed by atoms with van der Waals surface area (Å²) in [5.41, 5.74) is 0. The number of ketones is 1. The summed E-state index contributed by atoms with van der Waals surface area (Å²) < 4.78 is 35.4. The van der Waals surface area contributed by atoms with Crippen LogP contribution < -0.4 is 5.32 Å². The van der Waals surface area contributed by atoms with Gasteiger partial charge in [0.2, 0.25) is 0 Å². The van der Waals surface area contributed by atoms with Gasteiger partial charge in [0, 0.05) is 0 Å². The Balaban J connectivity index is 4.48. The first kappa shape index (κ1) is 12.9. The van der Waals surface area contributed by atoms with Crippen LogP contribution in [0.4, 0.5) is 13.2 Å². The van der Waals surface area contributed by atoms with Gasteiger partial charge in [-0.15, -0.1) is 0 Å². The molecule has 0 aliphatic heterocycles. The van der Waals surface area contributed by atoms with Crippen LogP contribution in [-0.2, 0) is 9.59 Å². The van der Waals surface area contributed by atoms with Crippen LogP contribution in [0, 0.1) is 5.92 Å². The first-order chi connectivity index (χ1) is 6.16. The molecule has 0 bridgehead atoms. The quantitative estimate of drug-likeness (QED) is 0.764. The average Bonchev–Trinajstić information content (AvgIpc) is 1.96. The molecule has 0 spiro atoms. The molecule has 0 heterocycles. The van der Waals surface area contributed by atoms with Crippen molar-refractivity contribution in [2.24, 2.45) is 5.92 Å². The van der Waals surface area contributed by atoms with Gasteiger partial charge in [0.15, 0.2) is 5.78 Å². The van der Waals surface area contributed by atoms with Gasteiger partial charge in [-0.1, -0.05) is 13.8 Å². The first-order valence-electron chi connectivity index (χ1n) is 4.04. The lowest BCUT2D eigenvalue weighted by molar-refractivity contribution is -0.175. The molecule has 0 aromatic carbocycles. The summed E-state index contributed by atoms with van der Waals surface area (Å²) in [6, 6.07) is -1.08. The third-order valence-corrected chi connectivity index (χ3v) is 1.65. The molecule has 6 heteroatoms. The van der Waals surface area contributed by atoms with E-state index in [1.54, 1.807) is 19.2 Å². The van der Waals surface area contributed by atoms with Crippen molar-refractivity contribution in [2.75, 3.05) is 0 Å². The number of halogens is 3. The molecular formula is C8H12F3NO2. The highest BCUT2D eigenvalue weighted by molar-refractivity contribution is 5.89. The third-order valence-electron chi connectivity index (χ3n) is 1.65. The Labute approximate surface area is 79.7 Å². The van der Waals surface area contributed by atoms with E-state index >= 15 is 0 Å². The van der Waals surface area contributed by atoms with Crippen LogP contribution in [0.25, 0.3) is 0 Å². The molecule has 0 saturated carbocycles. The number of Topliss-reactive ketones (excluding diaryl/α,β-unsaturated/α-hetero) is 1. The topological polar surface area (TPSA) is 46.2 Å². The van der Waals surface area contributed by atoms with Crippen LogP contribution in [0.5, 0.6) is 0 Å². The zero-order chi connectivity index (χ0) is 11.5. The van der Waals surface area contributed by atoms with E-state index in [9.17, 15) is 22.8 Å². The van der Waals surface area contributed by atoms with Gasteiger partial charge in [0.1, 0.15) is 0 Å². The molecule has 0 saturated heterocycles. The van der Waals surface area contributed by atoms with E-state index in [-0.39, 0.29) is 5.92 Å². The molecule has 1 unspecified atom stereocenters. The first-order valence-corrected chi connectivity index (χ1v) is 4.04. The maximum atomic E-state index is 11.8. The number of hydrogen-bond donors (Lipinski definition) is 1. The Morgan fingerprint density at radius 3 is 1.86 bits per heavy atom. The smallest absolute Gasteiger partial charge is 0.338 e. The second-order valence-electron chi connectivity index (χ2n) is 3.30. The minimum absolute atomic E-state index is 0.362. The van der Waals surface area contributed by atoms with E-state index in [4.69, 9.17) is 0 Å². The van der Waals surface area contributed by atoms with Gasteiger partial charge in [-0.05, 0) is 12.8 Å². The number of amides is 1. The summed E-state index contributed by atoms with van der Waals surface area (Å²) in [5.74, 6) is -2.93. The predicted octanol–water partition coefficient (Wildman–Crippen LogP) is 1.28. The van der Waals surface area contributed by atoms with Crippen molar-refractivity contribution in [1.82, 2.24) is 5.32 Å². The predicted molar refractivity (Wildman–Crippen MR) is 43.5 cm³/mol. The Morgan fingerprint density at radius 1 is 1.21 bits per heavy atom. The van der Waals surface area contributed by atoms with Gasteiger partial charge < -0.3 is 5.32 Å². The fourth-order valence-electron chi connectivity index (χ4n) is 0.961. The molecule has 1 amide bonds. The molecule has 82 valence electrons.